The van der Waals surface area contributed by atoms with E-state index in [0.29, 0.717) is 17.7 Å². The van der Waals surface area contributed by atoms with Crippen LogP contribution < -0.4 is 10.6 Å². The molecule has 0 bridgehead atoms. The number of benzene rings is 1. The fourth-order valence-corrected chi connectivity index (χ4v) is 6.68. The molecular formula is C28H38N2O7. The highest BCUT2D eigenvalue weighted by Gasteiger charge is 2.55. The lowest BCUT2D eigenvalue weighted by Gasteiger charge is -2.47. The van der Waals surface area contributed by atoms with E-state index in [9.17, 15) is 34.8 Å². The van der Waals surface area contributed by atoms with Gasteiger partial charge >= 0.3 is 0 Å². The van der Waals surface area contributed by atoms with Crippen LogP contribution in [0.1, 0.15) is 68.3 Å². The largest absolute Gasteiger partial charge is 0.511 e. The van der Waals surface area contributed by atoms with Crippen LogP contribution in [0.5, 0.6) is 5.75 Å². The maximum absolute atomic E-state index is 13.9. The van der Waals surface area contributed by atoms with Crippen molar-refractivity contribution in [1.82, 2.24) is 0 Å². The third-order valence-corrected chi connectivity index (χ3v) is 8.90. The number of nitrogens with zero attached hydrogens (tertiary/aromatic N) is 1. The van der Waals surface area contributed by atoms with E-state index in [1.807, 2.05) is 11.8 Å². The number of hydrogen-bond donors (Lipinski definition) is 5. The molecule has 1 aromatic carbocycles. The quantitative estimate of drug-likeness (QED) is 0.347. The number of aromatic hydroxyl groups is 1. The highest BCUT2D eigenvalue weighted by Crippen LogP contribution is 2.54. The van der Waals surface area contributed by atoms with Crippen molar-refractivity contribution >= 4 is 23.2 Å². The van der Waals surface area contributed by atoms with Gasteiger partial charge in [0.15, 0.2) is 11.6 Å². The highest BCUT2D eigenvalue weighted by atomic mass is 16.3. The first-order chi connectivity index (χ1) is 17.6. The zero-order chi connectivity index (χ0) is 27.2. The Hall–Kier alpha value is -2.91. The van der Waals surface area contributed by atoms with Gasteiger partial charge < -0.3 is 31.1 Å². The standard InChI is InChI=1S/C28H38N2O7/c1-4-15(12-31)19-22(23(32)14(3)28(29)37)27(36)21-18(25(19)34)13(2)16-8-9-17(24(33)20(16)26(21)35)30-10-6-5-7-11-30/h8-9,13-15,18-19,22,25,31,33-34,36H,4-7,10-12H2,1-3H3,(H2,29,37)/t13-,14?,15+,18+,19-,22+,25-/m0/s1. The molecule has 9 nitrogen and oxygen atoms in total. The van der Waals surface area contributed by atoms with Gasteiger partial charge in [0.25, 0.3) is 0 Å². The number of aliphatic hydroxyl groups is 3. The summed E-state index contributed by atoms with van der Waals surface area (Å²) < 4.78 is 0. The van der Waals surface area contributed by atoms with Crippen molar-refractivity contribution in [3.05, 3.63) is 34.6 Å². The molecule has 6 N–H and O–H groups in total. The molecule has 3 aliphatic rings. The van der Waals surface area contributed by atoms with E-state index in [0.717, 1.165) is 32.4 Å². The molecule has 2 aliphatic carbocycles. The second-order valence-corrected chi connectivity index (χ2v) is 10.8. The molecule has 1 saturated heterocycles. The number of primary amides is 1. The lowest BCUT2D eigenvalue weighted by Crippen LogP contribution is -2.53. The molecule has 1 heterocycles. The van der Waals surface area contributed by atoms with Crippen molar-refractivity contribution in [3.8, 4) is 5.75 Å². The van der Waals surface area contributed by atoms with Crippen molar-refractivity contribution in [2.75, 3.05) is 24.6 Å². The molecule has 1 unspecified atom stereocenters. The third-order valence-electron chi connectivity index (χ3n) is 8.90. The minimum absolute atomic E-state index is 0.0716. The first-order valence-electron chi connectivity index (χ1n) is 13.3. The molecule has 0 aromatic heterocycles. The Labute approximate surface area is 217 Å². The fourth-order valence-electron chi connectivity index (χ4n) is 6.68. The van der Waals surface area contributed by atoms with Crippen LogP contribution in [0.15, 0.2) is 23.5 Å². The molecule has 37 heavy (non-hydrogen) atoms. The Morgan fingerprint density at radius 3 is 2.38 bits per heavy atom. The van der Waals surface area contributed by atoms with E-state index in [1.165, 1.54) is 6.92 Å². The van der Waals surface area contributed by atoms with E-state index < -0.39 is 64.8 Å². The number of phenols is 1. The molecule has 0 saturated carbocycles. The van der Waals surface area contributed by atoms with E-state index in [2.05, 4.69) is 0 Å². The lowest BCUT2D eigenvalue weighted by atomic mass is 9.57. The van der Waals surface area contributed by atoms with E-state index in [1.54, 1.807) is 19.1 Å². The first kappa shape index (κ1) is 27.1. The van der Waals surface area contributed by atoms with Gasteiger partial charge in [0, 0.05) is 37.1 Å². The zero-order valence-corrected chi connectivity index (χ0v) is 21.7. The fraction of sp³-hybridized carbons (Fsp3) is 0.607. The number of amides is 1. The van der Waals surface area contributed by atoms with Crippen molar-refractivity contribution in [2.24, 2.45) is 35.3 Å². The summed E-state index contributed by atoms with van der Waals surface area (Å²) in [5, 5.41) is 44.5. The van der Waals surface area contributed by atoms with Crippen molar-refractivity contribution < 1.29 is 34.8 Å². The molecule has 0 spiro atoms. The molecule has 4 rings (SSSR count). The van der Waals surface area contributed by atoms with Crippen LogP contribution in [-0.4, -0.2) is 63.7 Å². The number of carbonyl (C=O) groups excluding carboxylic acids is 3. The minimum atomic E-state index is -1.38. The number of fused-ring (bicyclic) bond motifs is 2. The number of hydrogen-bond acceptors (Lipinski definition) is 8. The number of phenolic OH excluding ortho intramolecular Hbond substituents is 1. The molecule has 1 aromatic rings. The number of anilines is 1. The maximum Gasteiger partial charge on any atom is 0.227 e. The van der Waals surface area contributed by atoms with Crippen LogP contribution in [0.4, 0.5) is 5.69 Å². The average molecular weight is 515 g/mol. The van der Waals surface area contributed by atoms with Crippen LogP contribution >= 0.6 is 0 Å². The molecule has 1 fully saturated rings. The smallest absolute Gasteiger partial charge is 0.227 e. The maximum atomic E-state index is 13.9. The monoisotopic (exact) mass is 514 g/mol. The van der Waals surface area contributed by atoms with Crippen molar-refractivity contribution in [1.29, 1.82) is 0 Å². The van der Waals surface area contributed by atoms with Crippen molar-refractivity contribution in [2.45, 2.75) is 58.5 Å². The number of carbonyl (C=O) groups is 3. The summed E-state index contributed by atoms with van der Waals surface area (Å²) in [6.07, 6.45) is 2.21. The summed E-state index contributed by atoms with van der Waals surface area (Å²) in [5.74, 6) is -8.34. The minimum Gasteiger partial charge on any atom is -0.511 e. The molecule has 1 amide bonds. The molecule has 1 aliphatic heterocycles. The third kappa shape index (κ3) is 4.32. The van der Waals surface area contributed by atoms with Crippen LogP contribution in [0.2, 0.25) is 0 Å². The first-order valence-corrected chi connectivity index (χ1v) is 13.3. The number of ketones is 2. The topological polar surface area (TPSA) is 161 Å². The Kier molecular flexibility index (Phi) is 7.67. The molecule has 7 atom stereocenters. The van der Waals surface area contributed by atoms with Gasteiger partial charge in [-0.2, -0.15) is 0 Å². The zero-order valence-electron chi connectivity index (χ0n) is 21.7. The lowest BCUT2D eigenvalue weighted by molar-refractivity contribution is -0.139. The van der Waals surface area contributed by atoms with Crippen molar-refractivity contribution in [3.63, 3.8) is 0 Å². The molecular weight excluding hydrogens is 476 g/mol. The Morgan fingerprint density at radius 2 is 1.81 bits per heavy atom. The molecule has 9 heteroatoms. The SMILES string of the molecule is CC[C@H](CO)[C@H]1[C@H](C(=O)C(C)C(N)=O)C(O)=C2C(=O)c3c(ccc(N4CCCCC4)c3O)[C@H](C)[C@H]2[C@@H]1O. The van der Waals surface area contributed by atoms with Gasteiger partial charge in [0.05, 0.1) is 29.2 Å². The predicted molar refractivity (Wildman–Crippen MR) is 137 cm³/mol. The summed E-state index contributed by atoms with van der Waals surface area (Å²) in [7, 11) is 0. The van der Waals surface area contributed by atoms with Gasteiger partial charge in [-0.15, -0.1) is 0 Å². The number of rotatable bonds is 7. The van der Waals surface area contributed by atoms with E-state index in [-0.39, 0.29) is 23.5 Å². The van der Waals surface area contributed by atoms with Gasteiger partial charge in [0.2, 0.25) is 5.91 Å². The number of aliphatic hydroxyl groups excluding tert-OH is 3. The Bertz CT molecular complexity index is 1120. The summed E-state index contributed by atoms with van der Waals surface area (Å²) >= 11 is 0. The molecule has 202 valence electrons. The Morgan fingerprint density at radius 1 is 1.16 bits per heavy atom. The van der Waals surface area contributed by atoms with E-state index in [4.69, 9.17) is 5.73 Å². The second kappa shape index (κ2) is 10.5. The van der Waals surface area contributed by atoms with Gasteiger partial charge in [-0.1, -0.05) is 26.3 Å². The summed E-state index contributed by atoms with van der Waals surface area (Å²) in [5.41, 5.74) is 6.46. The van der Waals surface area contributed by atoms with Gasteiger partial charge in [-0.05, 0) is 49.7 Å². The second-order valence-electron chi connectivity index (χ2n) is 10.8. The van der Waals surface area contributed by atoms with Crippen LogP contribution in [0.25, 0.3) is 0 Å². The average Bonchev–Trinajstić information content (AvgIpc) is 2.89. The van der Waals surface area contributed by atoms with Crippen LogP contribution in [0, 0.1) is 29.6 Å². The summed E-state index contributed by atoms with van der Waals surface area (Å²) in [6, 6.07) is 3.60. The normalized spacial score (nSPS) is 29.4. The van der Waals surface area contributed by atoms with Crippen LogP contribution in [0.3, 0.4) is 0 Å². The molecule has 0 radical (unpaired) electrons. The number of nitrogens with two attached hydrogens (primary N) is 1. The predicted octanol–water partition coefficient (Wildman–Crippen LogP) is 2.43. The van der Waals surface area contributed by atoms with Gasteiger partial charge in [-0.25, -0.2) is 0 Å². The number of allylic oxidation sites excluding steroid dienone is 1. The highest BCUT2D eigenvalue weighted by molar-refractivity contribution is 6.15. The summed E-state index contributed by atoms with van der Waals surface area (Å²) in [6.45, 7) is 6.12. The number of Topliss-reactive ketones (excluding diaryl/α,β-unsaturated/α-hetero) is 2. The number of piperidine rings is 1. The van der Waals surface area contributed by atoms with Gasteiger partial charge in [0.1, 0.15) is 11.5 Å². The Balaban J connectivity index is 1.90. The summed E-state index contributed by atoms with van der Waals surface area (Å²) in [4.78, 5) is 41.3. The van der Waals surface area contributed by atoms with Crippen LogP contribution in [-0.2, 0) is 9.59 Å². The van der Waals surface area contributed by atoms with Gasteiger partial charge in [-0.3, -0.25) is 14.4 Å². The van der Waals surface area contributed by atoms with E-state index >= 15 is 0 Å².